The van der Waals surface area contributed by atoms with E-state index in [4.69, 9.17) is 9.47 Å². The summed E-state index contributed by atoms with van der Waals surface area (Å²) in [5.41, 5.74) is 2.34. The normalized spacial score (nSPS) is 11.5. The molecule has 1 amide bonds. The van der Waals surface area contributed by atoms with E-state index in [1.165, 1.54) is 38.5 Å². The summed E-state index contributed by atoms with van der Waals surface area (Å²) in [6, 6.07) is 19.3. The highest BCUT2D eigenvalue weighted by Gasteiger charge is 2.21. The Bertz CT molecular complexity index is 1040. The van der Waals surface area contributed by atoms with E-state index in [0.717, 1.165) is 11.1 Å². The third kappa shape index (κ3) is 5.67. The Labute approximate surface area is 180 Å². The second-order valence-corrected chi connectivity index (χ2v) is 6.75. The number of carbonyl (C=O) groups excluding carboxylic acids is 2. The molecule has 0 heterocycles. The summed E-state index contributed by atoms with van der Waals surface area (Å²) in [7, 11) is 2.78. The van der Waals surface area contributed by atoms with Gasteiger partial charge in [-0.25, -0.2) is 9.18 Å². The number of nitrogens with one attached hydrogen (secondary N) is 2. The first-order valence-electron chi connectivity index (χ1n) is 9.62. The minimum Gasteiger partial charge on any atom is -0.496 e. The molecular weight excluding hydrogens is 399 g/mol. The third-order valence-corrected chi connectivity index (χ3v) is 4.69. The standard InChI is InChI=1S/C24H23FN2O4/c1-30-21-13-8-16(14-20(21)24(29)31-2)15-26-22(17-6-4-3-5-7-17)23(28)27-19-11-9-18(25)10-12-19/h3-14,22,26H,15H2,1-2H3,(H,27,28)/t22-/m0/s1. The van der Waals surface area contributed by atoms with Crippen LogP contribution >= 0.6 is 0 Å². The predicted molar refractivity (Wildman–Crippen MR) is 115 cm³/mol. The molecule has 0 unspecified atom stereocenters. The molecule has 160 valence electrons. The van der Waals surface area contributed by atoms with E-state index >= 15 is 0 Å². The summed E-state index contributed by atoms with van der Waals surface area (Å²) < 4.78 is 23.2. The predicted octanol–water partition coefficient (Wildman–Crippen LogP) is 4.09. The van der Waals surface area contributed by atoms with Crippen LogP contribution in [0.3, 0.4) is 0 Å². The zero-order valence-corrected chi connectivity index (χ0v) is 17.2. The van der Waals surface area contributed by atoms with Crippen LogP contribution in [-0.4, -0.2) is 26.1 Å². The summed E-state index contributed by atoms with van der Waals surface area (Å²) in [4.78, 5) is 25.0. The van der Waals surface area contributed by atoms with Crippen LogP contribution in [0.15, 0.2) is 72.8 Å². The Balaban J connectivity index is 1.80. The number of esters is 1. The van der Waals surface area contributed by atoms with Gasteiger partial charge in [-0.15, -0.1) is 0 Å². The van der Waals surface area contributed by atoms with Crippen molar-refractivity contribution >= 4 is 17.6 Å². The molecule has 0 saturated heterocycles. The zero-order chi connectivity index (χ0) is 22.2. The lowest BCUT2D eigenvalue weighted by Crippen LogP contribution is -2.32. The quantitative estimate of drug-likeness (QED) is 0.535. The van der Waals surface area contributed by atoms with Crippen molar-refractivity contribution in [3.8, 4) is 5.75 Å². The van der Waals surface area contributed by atoms with Gasteiger partial charge in [-0.1, -0.05) is 36.4 Å². The molecule has 0 fully saturated rings. The van der Waals surface area contributed by atoms with Crippen molar-refractivity contribution in [2.75, 3.05) is 19.5 Å². The maximum absolute atomic E-state index is 13.2. The van der Waals surface area contributed by atoms with Gasteiger partial charge >= 0.3 is 5.97 Å². The molecule has 31 heavy (non-hydrogen) atoms. The molecule has 3 aromatic carbocycles. The molecule has 2 N–H and O–H groups in total. The number of hydrogen-bond donors (Lipinski definition) is 2. The summed E-state index contributed by atoms with van der Waals surface area (Å²) in [5, 5.41) is 6.03. The Morgan fingerprint density at radius 2 is 1.68 bits per heavy atom. The molecule has 0 spiro atoms. The smallest absolute Gasteiger partial charge is 0.341 e. The van der Waals surface area contributed by atoms with Crippen molar-refractivity contribution in [3.05, 3.63) is 95.3 Å². The lowest BCUT2D eigenvalue weighted by Gasteiger charge is -2.19. The van der Waals surface area contributed by atoms with Gasteiger partial charge in [-0.2, -0.15) is 0 Å². The number of ether oxygens (including phenoxy) is 2. The molecule has 0 aliphatic heterocycles. The molecular formula is C24H23FN2O4. The number of benzene rings is 3. The van der Waals surface area contributed by atoms with E-state index in [9.17, 15) is 14.0 Å². The van der Waals surface area contributed by atoms with Crippen LogP contribution in [0, 0.1) is 5.82 Å². The van der Waals surface area contributed by atoms with Gasteiger partial charge < -0.3 is 14.8 Å². The van der Waals surface area contributed by atoms with Crippen molar-refractivity contribution in [2.45, 2.75) is 12.6 Å². The second kappa shape index (κ2) is 10.4. The first-order chi connectivity index (χ1) is 15.0. The van der Waals surface area contributed by atoms with Gasteiger partial charge in [-0.05, 0) is 47.5 Å². The fraction of sp³-hybridized carbons (Fsp3) is 0.167. The molecule has 0 aliphatic carbocycles. The lowest BCUT2D eigenvalue weighted by molar-refractivity contribution is -0.118. The number of rotatable bonds is 8. The fourth-order valence-electron chi connectivity index (χ4n) is 3.11. The highest BCUT2D eigenvalue weighted by atomic mass is 19.1. The first-order valence-corrected chi connectivity index (χ1v) is 9.62. The van der Waals surface area contributed by atoms with Gasteiger partial charge in [0.05, 0.1) is 14.2 Å². The molecule has 7 heteroatoms. The molecule has 3 aromatic rings. The van der Waals surface area contributed by atoms with Crippen LogP contribution in [-0.2, 0) is 16.1 Å². The minimum atomic E-state index is -0.671. The number of methoxy groups -OCH3 is 2. The van der Waals surface area contributed by atoms with Crippen LogP contribution in [0.4, 0.5) is 10.1 Å². The minimum absolute atomic E-state index is 0.292. The van der Waals surface area contributed by atoms with E-state index in [2.05, 4.69) is 10.6 Å². The molecule has 1 atom stereocenters. The fourth-order valence-corrected chi connectivity index (χ4v) is 3.11. The Morgan fingerprint density at radius 3 is 2.32 bits per heavy atom. The number of anilines is 1. The maximum atomic E-state index is 13.2. The van der Waals surface area contributed by atoms with E-state index in [-0.39, 0.29) is 11.7 Å². The number of carbonyl (C=O) groups is 2. The number of hydrogen-bond acceptors (Lipinski definition) is 5. The van der Waals surface area contributed by atoms with Crippen LogP contribution in [0.5, 0.6) is 5.75 Å². The van der Waals surface area contributed by atoms with Crippen molar-refractivity contribution in [2.24, 2.45) is 0 Å². The molecule has 0 radical (unpaired) electrons. The summed E-state index contributed by atoms with van der Waals surface area (Å²) in [5.74, 6) is -0.771. The van der Waals surface area contributed by atoms with Crippen molar-refractivity contribution < 1.29 is 23.5 Å². The summed E-state index contributed by atoms with van der Waals surface area (Å²) in [6.45, 7) is 0.310. The Morgan fingerprint density at radius 1 is 0.968 bits per heavy atom. The van der Waals surface area contributed by atoms with Crippen LogP contribution in [0.1, 0.15) is 27.5 Å². The Hall–Kier alpha value is -3.71. The van der Waals surface area contributed by atoms with E-state index in [0.29, 0.717) is 23.5 Å². The largest absolute Gasteiger partial charge is 0.496 e. The van der Waals surface area contributed by atoms with Crippen LogP contribution < -0.4 is 15.4 Å². The number of amides is 1. The van der Waals surface area contributed by atoms with Crippen molar-refractivity contribution in [3.63, 3.8) is 0 Å². The second-order valence-electron chi connectivity index (χ2n) is 6.75. The average Bonchev–Trinajstić information content (AvgIpc) is 2.80. The summed E-state index contributed by atoms with van der Waals surface area (Å²) in [6.07, 6.45) is 0. The molecule has 0 saturated carbocycles. The zero-order valence-electron chi connectivity index (χ0n) is 17.2. The van der Waals surface area contributed by atoms with Gasteiger partial charge in [0.1, 0.15) is 23.2 Å². The maximum Gasteiger partial charge on any atom is 0.341 e. The van der Waals surface area contributed by atoms with E-state index in [1.54, 1.807) is 18.2 Å². The monoisotopic (exact) mass is 422 g/mol. The van der Waals surface area contributed by atoms with Gasteiger partial charge in [0.25, 0.3) is 0 Å². The van der Waals surface area contributed by atoms with Gasteiger partial charge in [0.2, 0.25) is 5.91 Å². The molecule has 0 aliphatic rings. The Kier molecular flexibility index (Phi) is 7.35. The van der Waals surface area contributed by atoms with Gasteiger partial charge in [0.15, 0.2) is 0 Å². The highest BCUT2D eigenvalue weighted by molar-refractivity contribution is 5.95. The first kappa shape index (κ1) is 22.0. The third-order valence-electron chi connectivity index (χ3n) is 4.69. The number of halogens is 1. The van der Waals surface area contributed by atoms with E-state index < -0.39 is 12.0 Å². The van der Waals surface area contributed by atoms with Crippen molar-refractivity contribution in [1.82, 2.24) is 5.32 Å². The molecule has 3 rings (SSSR count). The average molecular weight is 422 g/mol. The molecule has 0 aromatic heterocycles. The lowest BCUT2D eigenvalue weighted by atomic mass is 10.0. The van der Waals surface area contributed by atoms with Gasteiger partial charge in [0, 0.05) is 12.2 Å². The molecule has 0 bridgehead atoms. The van der Waals surface area contributed by atoms with Crippen LogP contribution in [0.2, 0.25) is 0 Å². The topological polar surface area (TPSA) is 76.7 Å². The SMILES string of the molecule is COC(=O)c1cc(CN[C@H](C(=O)Nc2ccc(F)cc2)c2ccccc2)ccc1OC. The molecule has 6 nitrogen and oxygen atoms in total. The summed E-state index contributed by atoms with van der Waals surface area (Å²) >= 11 is 0. The van der Waals surface area contributed by atoms with Gasteiger partial charge in [-0.3, -0.25) is 10.1 Å². The van der Waals surface area contributed by atoms with Crippen molar-refractivity contribution in [1.29, 1.82) is 0 Å². The van der Waals surface area contributed by atoms with E-state index in [1.807, 2.05) is 30.3 Å². The van der Waals surface area contributed by atoms with Crippen LogP contribution in [0.25, 0.3) is 0 Å². The highest BCUT2D eigenvalue weighted by Crippen LogP contribution is 2.22.